The van der Waals surface area contributed by atoms with Crippen molar-refractivity contribution in [3.8, 4) is 0 Å². The quantitative estimate of drug-likeness (QED) is 0.798. The molecule has 0 unspecified atom stereocenters. The Morgan fingerprint density at radius 1 is 1.56 bits per heavy atom. The summed E-state index contributed by atoms with van der Waals surface area (Å²) in [6, 6.07) is 3.56. The molecule has 0 aliphatic carbocycles. The van der Waals surface area contributed by atoms with Gasteiger partial charge in [-0.05, 0) is 26.0 Å². The maximum atomic E-state index is 12.0. The van der Waals surface area contributed by atoms with Gasteiger partial charge in [0.15, 0.2) is 0 Å². The van der Waals surface area contributed by atoms with E-state index in [1.54, 1.807) is 17.2 Å². The molecule has 0 aliphatic heterocycles. The second-order valence-electron chi connectivity index (χ2n) is 3.47. The fourth-order valence-corrected chi connectivity index (χ4v) is 1.45. The Morgan fingerprint density at radius 2 is 2.25 bits per heavy atom. The number of carbonyl (C=O) groups excluding carboxylic acids is 1. The van der Waals surface area contributed by atoms with E-state index in [4.69, 9.17) is 18.0 Å². The molecule has 1 aromatic rings. The van der Waals surface area contributed by atoms with Crippen LogP contribution in [0.1, 0.15) is 23.0 Å². The monoisotopic (exact) mass is 237 g/mol. The molecule has 0 fully saturated rings. The van der Waals surface area contributed by atoms with Crippen molar-refractivity contribution >= 4 is 23.1 Å². The number of pyridine rings is 1. The number of aromatic nitrogens is 1. The summed E-state index contributed by atoms with van der Waals surface area (Å²) in [4.78, 5) is 18.0. The fourth-order valence-electron chi connectivity index (χ4n) is 1.29. The Morgan fingerprint density at radius 3 is 2.69 bits per heavy atom. The zero-order valence-corrected chi connectivity index (χ0v) is 10.3. The Bertz CT molecular complexity index is 389. The minimum absolute atomic E-state index is 0.0946. The fraction of sp³-hybridized carbons (Fsp3) is 0.364. The predicted octanol–water partition coefficient (Wildman–Crippen LogP) is 1.14. The van der Waals surface area contributed by atoms with E-state index >= 15 is 0 Å². The summed E-state index contributed by atoms with van der Waals surface area (Å²) < 4.78 is 0. The largest absolute Gasteiger partial charge is 0.392 e. The molecule has 86 valence electrons. The normalized spacial score (nSPS) is 9.88. The van der Waals surface area contributed by atoms with Gasteiger partial charge in [0.1, 0.15) is 0 Å². The molecule has 1 aromatic heterocycles. The summed E-state index contributed by atoms with van der Waals surface area (Å²) in [5, 5.41) is 0. The summed E-state index contributed by atoms with van der Waals surface area (Å²) in [5.41, 5.74) is 6.87. The van der Waals surface area contributed by atoms with Gasteiger partial charge in [-0.25, -0.2) is 0 Å². The van der Waals surface area contributed by atoms with E-state index in [0.29, 0.717) is 23.6 Å². The molecule has 4 nitrogen and oxygen atoms in total. The smallest absolute Gasteiger partial charge is 0.255 e. The molecule has 1 heterocycles. The van der Waals surface area contributed by atoms with E-state index in [0.717, 1.165) is 5.69 Å². The number of nitrogens with zero attached hydrogens (tertiary/aromatic N) is 2. The molecule has 0 spiro atoms. The molecule has 16 heavy (non-hydrogen) atoms. The SMILES string of the molecule is CCN(CC(N)=S)C(=O)c1ccc(C)nc1. The van der Waals surface area contributed by atoms with Crippen LogP contribution in [-0.2, 0) is 0 Å². The molecule has 0 radical (unpaired) electrons. The second-order valence-corrected chi connectivity index (χ2v) is 4.00. The highest BCUT2D eigenvalue weighted by molar-refractivity contribution is 7.80. The molecule has 1 amide bonds. The van der Waals surface area contributed by atoms with Crippen LogP contribution < -0.4 is 5.73 Å². The van der Waals surface area contributed by atoms with Gasteiger partial charge in [0.2, 0.25) is 0 Å². The number of likely N-dealkylation sites (N-methyl/N-ethyl adjacent to an activating group) is 1. The van der Waals surface area contributed by atoms with Crippen molar-refractivity contribution in [1.29, 1.82) is 0 Å². The second kappa shape index (κ2) is 5.55. The van der Waals surface area contributed by atoms with Gasteiger partial charge in [-0.15, -0.1) is 0 Å². The molecular formula is C11H15N3OS. The van der Waals surface area contributed by atoms with Crippen LogP contribution in [0.4, 0.5) is 0 Å². The Hall–Kier alpha value is -1.49. The summed E-state index contributed by atoms with van der Waals surface area (Å²) in [6.07, 6.45) is 1.57. The summed E-state index contributed by atoms with van der Waals surface area (Å²) >= 11 is 4.80. The molecule has 1 rings (SSSR count). The van der Waals surface area contributed by atoms with Crippen molar-refractivity contribution in [2.75, 3.05) is 13.1 Å². The van der Waals surface area contributed by atoms with Crippen molar-refractivity contribution in [1.82, 2.24) is 9.88 Å². The summed E-state index contributed by atoms with van der Waals surface area (Å²) in [7, 11) is 0. The first kappa shape index (κ1) is 12.6. The molecule has 0 bridgehead atoms. The van der Waals surface area contributed by atoms with Crippen LogP contribution in [0.25, 0.3) is 0 Å². The highest BCUT2D eigenvalue weighted by Crippen LogP contribution is 2.04. The third-order valence-corrected chi connectivity index (χ3v) is 2.30. The minimum atomic E-state index is -0.0946. The number of nitrogens with two attached hydrogens (primary N) is 1. The Balaban J connectivity index is 2.82. The first-order valence-corrected chi connectivity index (χ1v) is 5.45. The number of carbonyl (C=O) groups is 1. The standard InChI is InChI=1S/C11H15N3OS/c1-3-14(7-10(12)16)11(15)9-5-4-8(2)13-6-9/h4-6H,3,7H2,1-2H3,(H2,12,16). The molecule has 5 heteroatoms. The van der Waals surface area contributed by atoms with Gasteiger partial charge in [-0.1, -0.05) is 12.2 Å². The lowest BCUT2D eigenvalue weighted by atomic mass is 10.2. The third-order valence-electron chi connectivity index (χ3n) is 2.17. The van der Waals surface area contributed by atoms with E-state index in [1.165, 1.54) is 0 Å². The van der Waals surface area contributed by atoms with Crippen molar-refractivity contribution in [3.05, 3.63) is 29.6 Å². The maximum Gasteiger partial charge on any atom is 0.255 e. The van der Waals surface area contributed by atoms with E-state index < -0.39 is 0 Å². The average molecular weight is 237 g/mol. The Kier molecular flexibility index (Phi) is 4.37. The number of amides is 1. The average Bonchev–Trinajstić information content (AvgIpc) is 2.25. The molecule has 0 atom stereocenters. The summed E-state index contributed by atoms with van der Waals surface area (Å²) in [5.74, 6) is -0.0946. The van der Waals surface area contributed by atoms with Gasteiger partial charge in [0, 0.05) is 18.4 Å². The van der Waals surface area contributed by atoms with Crippen LogP contribution in [0.5, 0.6) is 0 Å². The highest BCUT2D eigenvalue weighted by Gasteiger charge is 2.14. The van der Waals surface area contributed by atoms with Gasteiger partial charge < -0.3 is 10.6 Å². The number of hydrogen-bond donors (Lipinski definition) is 1. The lowest BCUT2D eigenvalue weighted by Crippen LogP contribution is -2.37. The van der Waals surface area contributed by atoms with Crippen LogP contribution in [-0.4, -0.2) is 33.9 Å². The lowest BCUT2D eigenvalue weighted by molar-refractivity contribution is 0.0787. The first-order valence-electron chi connectivity index (χ1n) is 5.04. The van der Waals surface area contributed by atoms with Crippen molar-refractivity contribution < 1.29 is 4.79 Å². The highest BCUT2D eigenvalue weighted by atomic mass is 32.1. The van der Waals surface area contributed by atoms with Gasteiger partial charge in [0.05, 0.1) is 17.1 Å². The number of thiocarbonyl (C=S) groups is 1. The number of hydrogen-bond acceptors (Lipinski definition) is 3. The van der Waals surface area contributed by atoms with Crippen molar-refractivity contribution in [3.63, 3.8) is 0 Å². The zero-order chi connectivity index (χ0) is 12.1. The third kappa shape index (κ3) is 3.27. The van der Waals surface area contributed by atoms with Crippen LogP contribution in [0.3, 0.4) is 0 Å². The van der Waals surface area contributed by atoms with Crippen LogP contribution in [0.15, 0.2) is 18.3 Å². The number of aryl methyl sites for hydroxylation is 1. The molecule has 0 aliphatic rings. The first-order chi connectivity index (χ1) is 7.54. The van der Waals surface area contributed by atoms with E-state index in [9.17, 15) is 4.79 Å². The molecule has 2 N–H and O–H groups in total. The topological polar surface area (TPSA) is 59.2 Å². The lowest BCUT2D eigenvalue weighted by Gasteiger charge is -2.19. The maximum absolute atomic E-state index is 12.0. The van der Waals surface area contributed by atoms with Crippen molar-refractivity contribution in [2.45, 2.75) is 13.8 Å². The molecule has 0 saturated heterocycles. The van der Waals surface area contributed by atoms with Crippen LogP contribution in [0, 0.1) is 6.92 Å². The van der Waals surface area contributed by atoms with E-state index in [2.05, 4.69) is 4.98 Å². The van der Waals surface area contributed by atoms with Gasteiger partial charge in [0.25, 0.3) is 5.91 Å². The minimum Gasteiger partial charge on any atom is -0.392 e. The number of rotatable bonds is 4. The van der Waals surface area contributed by atoms with Crippen LogP contribution in [0.2, 0.25) is 0 Å². The van der Waals surface area contributed by atoms with Gasteiger partial charge >= 0.3 is 0 Å². The predicted molar refractivity (Wildman–Crippen MR) is 67.3 cm³/mol. The summed E-state index contributed by atoms with van der Waals surface area (Å²) in [6.45, 7) is 4.64. The zero-order valence-electron chi connectivity index (χ0n) is 9.43. The van der Waals surface area contributed by atoms with Crippen molar-refractivity contribution in [2.24, 2.45) is 5.73 Å². The molecular weight excluding hydrogens is 222 g/mol. The van der Waals surface area contributed by atoms with Gasteiger partial charge in [-0.3, -0.25) is 9.78 Å². The van der Waals surface area contributed by atoms with E-state index in [-0.39, 0.29) is 5.91 Å². The van der Waals surface area contributed by atoms with Gasteiger partial charge in [-0.2, -0.15) is 0 Å². The molecule has 0 aromatic carbocycles. The molecule has 0 saturated carbocycles. The van der Waals surface area contributed by atoms with E-state index in [1.807, 2.05) is 19.9 Å². The van der Waals surface area contributed by atoms with Crippen LogP contribution >= 0.6 is 12.2 Å². The Labute approximate surface area is 100 Å².